The highest BCUT2D eigenvalue weighted by molar-refractivity contribution is 6.06. The lowest BCUT2D eigenvalue weighted by Gasteiger charge is -2.10. The van der Waals surface area contributed by atoms with Gasteiger partial charge < -0.3 is 9.88 Å². The van der Waals surface area contributed by atoms with Crippen LogP contribution in [0.3, 0.4) is 0 Å². The third-order valence-electron chi connectivity index (χ3n) is 4.24. The molecule has 0 spiro atoms. The summed E-state index contributed by atoms with van der Waals surface area (Å²) in [6.45, 7) is 5.85. The highest BCUT2D eigenvalue weighted by atomic mass is 16.1. The van der Waals surface area contributed by atoms with E-state index in [-0.39, 0.29) is 5.91 Å². The highest BCUT2D eigenvalue weighted by Crippen LogP contribution is 2.22. The first-order chi connectivity index (χ1) is 12.0. The van der Waals surface area contributed by atoms with E-state index < -0.39 is 0 Å². The van der Waals surface area contributed by atoms with Gasteiger partial charge in [0.25, 0.3) is 5.91 Å². The minimum Gasteiger partial charge on any atom is -0.322 e. The minimum atomic E-state index is -0.227. The Hall–Kier alpha value is -3.14. The molecule has 3 rings (SSSR count). The van der Waals surface area contributed by atoms with E-state index in [1.807, 2.05) is 69.3 Å². The van der Waals surface area contributed by atoms with E-state index in [0.29, 0.717) is 11.3 Å². The first kappa shape index (κ1) is 16.7. The molecule has 0 saturated heterocycles. The molecule has 0 saturated carbocycles. The lowest BCUT2D eigenvalue weighted by Crippen LogP contribution is -2.13. The number of aryl methyl sites for hydroxylation is 2. The molecule has 0 atom stereocenters. The van der Waals surface area contributed by atoms with Crippen molar-refractivity contribution < 1.29 is 9.59 Å². The maximum absolute atomic E-state index is 12.6. The maximum atomic E-state index is 12.6. The molecule has 25 heavy (non-hydrogen) atoms. The number of rotatable bonds is 4. The molecule has 2 aromatic carbocycles. The number of carbonyl (C=O) groups is 2. The molecule has 0 aliphatic rings. The number of nitrogens with one attached hydrogen (secondary N) is 1. The fraction of sp³-hybridized carbons (Fsp3) is 0.143. The van der Waals surface area contributed by atoms with Gasteiger partial charge in [0.05, 0.1) is 11.3 Å². The van der Waals surface area contributed by atoms with Gasteiger partial charge >= 0.3 is 0 Å². The normalized spacial score (nSPS) is 10.5. The summed E-state index contributed by atoms with van der Waals surface area (Å²) in [5.74, 6) is -0.227. The van der Waals surface area contributed by atoms with E-state index in [0.717, 1.165) is 34.5 Å². The number of hydrogen-bond acceptors (Lipinski definition) is 2. The summed E-state index contributed by atoms with van der Waals surface area (Å²) < 4.78 is 1.80. The van der Waals surface area contributed by atoms with Gasteiger partial charge in [-0.05, 0) is 51.1 Å². The topological polar surface area (TPSA) is 51.1 Å². The smallest absolute Gasteiger partial charge is 0.257 e. The molecule has 126 valence electrons. The predicted molar refractivity (Wildman–Crippen MR) is 99.8 cm³/mol. The maximum Gasteiger partial charge on any atom is 0.257 e. The Kier molecular flexibility index (Phi) is 4.52. The van der Waals surface area contributed by atoms with Crippen LogP contribution in [0.1, 0.15) is 37.7 Å². The molecule has 4 nitrogen and oxygen atoms in total. The monoisotopic (exact) mass is 332 g/mol. The zero-order valence-electron chi connectivity index (χ0n) is 14.5. The summed E-state index contributed by atoms with van der Waals surface area (Å²) in [4.78, 5) is 24.1. The van der Waals surface area contributed by atoms with Crippen LogP contribution in [0, 0.1) is 20.8 Å². The molecule has 4 heteroatoms. The molecule has 0 radical (unpaired) electrons. The van der Waals surface area contributed by atoms with Crippen LogP contribution >= 0.6 is 0 Å². The Labute approximate surface area is 147 Å². The van der Waals surface area contributed by atoms with Gasteiger partial charge in [0.1, 0.15) is 0 Å². The van der Waals surface area contributed by atoms with E-state index in [1.165, 1.54) is 0 Å². The molecule has 0 aliphatic heterocycles. The molecule has 0 bridgehead atoms. The Morgan fingerprint density at radius 1 is 0.920 bits per heavy atom. The van der Waals surface area contributed by atoms with Crippen molar-refractivity contribution in [3.8, 4) is 5.69 Å². The predicted octanol–water partition coefficient (Wildman–Crippen LogP) is 4.47. The van der Waals surface area contributed by atoms with Gasteiger partial charge in [-0.3, -0.25) is 9.59 Å². The van der Waals surface area contributed by atoms with Crippen molar-refractivity contribution in [2.45, 2.75) is 20.8 Å². The van der Waals surface area contributed by atoms with Gasteiger partial charge in [-0.25, -0.2) is 0 Å². The number of aldehydes is 1. The van der Waals surface area contributed by atoms with E-state index in [4.69, 9.17) is 0 Å². The number of carbonyl (C=O) groups excluding carboxylic acids is 2. The SMILES string of the molecule is Cc1ccc(NC(=O)c2cc(C=O)n(-c3ccc(C)cc3)c2C)cc1. The number of benzene rings is 2. The fourth-order valence-corrected chi connectivity index (χ4v) is 2.82. The summed E-state index contributed by atoms with van der Waals surface area (Å²) in [7, 11) is 0. The van der Waals surface area contributed by atoms with Crippen LogP contribution in [0.4, 0.5) is 5.69 Å². The van der Waals surface area contributed by atoms with Crippen LogP contribution in [-0.2, 0) is 0 Å². The van der Waals surface area contributed by atoms with Crippen molar-refractivity contribution in [2.24, 2.45) is 0 Å². The highest BCUT2D eigenvalue weighted by Gasteiger charge is 2.18. The Morgan fingerprint density at radius 3 is 2.04 bits per heavy atom. The Morgan fingerprint density at radius 2 is 1.48 bits per heavy atom. The first-order valence-electron chi connectivity index (χ1n) is 8.12. The average molecular weight is 332 g/mol. The van der Waals surface area contributed by atoms with Crippen molar-refractivity contribution in [3.05, 3.63) is 82.7 Å². The van der Waals surface area contributed by atoms with Gasteiger partial charge in [-0.1, -0.05) is 35.4 Å². The van der Waals surface area contributed by atoms with Crippen molar-refractivity contribution in [1.29, 1.82) is 0 Å². The molecule has 1 amide bonds. The molecule has 3 aromatic rings. The molecule has 1 aromatic heterocycles. The molecule has 0 aliphatic carbocycles. The van der Waals surface area contributed by atoms with E-state index in [2.05, 4.69) is 5.32 Å². The van der Waals surface area contributed by atoms with E-state index in [9.17, 15) is 9.59 Å². The van der Waals surface area contributed by atoms with Crippen LogP contribution in [0.5, 0.6) is 0 Å². The van der Waals surface area contributed by atoms with Crippen molar-refractivity contribution in [3.63, 3.8) is 0 Å². The van der Waals surface area contributed by atoms with Gasteiger partial charge in [-0.2, -0.15) is 0 Å². The molecular weight excluding hydrogens is 312 g/mol. The lowest BCUT2D eigenvalue weighted by molar-refractivity contribution is 0.102. The van der Waals surface area contributed by atoms with Crippen LogP contribution in [0.2, 0.25) is 0 Å². The second-order valence-electron chi connectivity index (χ2n) is 6.18. The number of amides is 1. The Balaban J connectivity index is 1.97. The van der Waals surface area contributed by atoms with Crippen LogP contribution < -0.4 is 5.32 Å². The van der Waals surface area contributed by atoms with E-state index >= 15 is 0 Å². The van der Waals surface area contributed by atoms with Crippen LogP contribution in [-0.4, -0.2) is 16.8 Å². The van der Waals surface area contributed by atoms with Gasteiger partial charge in [-0.15, -0.1) is 0 Å². The van der Waals surface area contributed by atoms with Gasteiger partial charge in [0.15, 0.2) is 6.29 Å². The molecule has 1 heterocycles. The largest absolute Gasteiger partial charge is 0.322 e. The van der Waals surface area contributed by atoms with E-state index in [1.54, 1.807) is 10.6 Å². The lowest BCUT2D eigenvalue weighted by atomic mass is 10.2. The third-order valence-corrected chi connectivity index (χ3v) is 4.24. The number of nitrogens with zero attached hydrogens (tertiary/aromatic N) is 1. The summed E-state index contributed by atoms with van der Waals surface area (Å²) in [5.41, 5.74) is 5.53. The zero-order valence-corrected chi connectivity index (χ0v) is 14.5. The number of anilines is 1. The molecule has 0 fully saturated rings. The number of hydrogen-bond donors (Lipinski definition) is 1. The van der Waals surface area contributed by atoms with Crippen molar-refractivity contribution in [2.75, 3.05) is 5.32 Å². The van der Waals surface area contributed by atoms with Crippen molar-refractivity contribution in [1.82, 2.24) is 4.57 Å². The summed E-state index contributed by atoms with van der Waals surface area (Å²) in [5, 5.41) is 2.88. The van der Waals surface area contributed by atoms with Crippen LogP contribution in [0.15, 0.2) is 54.6 Å². The quantitative estimate of drug-likeness (QED) is 0.717. The fourth-order valence-electron chi connectivity index (χ4n) is 2.82. The minimum absolute atomic E-state index is 0.227. The molecular formula is C21H20N2O2. The molecule has 1 N–H and O–H groups in total. The third kappa shape index (κ3) is 3.38. The van der Waals surface area contributed by atoms with Gasteiger partial charge in [0, 0.05) is 17.1 Å². The second kappa shape index (κ2) is 6.77. The number of aromatic nitrogens is 1. The average Bonchev–Trinajstić information content (AvgIpc) is 2.94. The Bertz CT molecular complexity index is 920. The van der Waals surface area contributed by atoms with Gasteiger partial charge in [0.2, 0.25) is 0 Å². The zero-order chi connectivity index (χ0) is 18.0. The molecule has 0 unspecified atom stereocenters. The summed E-state index contributed by atoms with van der Waals surface area (Å²) >= 11 is 0. The second-order valence-corrected chi connectivity index (χ2v) is 6.18. The van der Waals surface area contributed by atoms with Crippen molar-refractivity contribution >= 4 is 17.9 Å². The summed E-state index contributed by atoms with van der Waals surface area (Å²) in [6.07, 6.45) is 0.773. The first-order valence-corrected chi connectivity index (χ1v) is 8.12. The standard InChI is InChI=1S/C21H20N2O2/c1-14-4-8-17(9-5-14)22-21(25)20-12-19(13-24)23(16(20)3)18-10-6-15(2)7-11-18/h4-13H,1-3H3,(H,22,25). The summed E-state index contributed by atoms with van der Waals surface area (Å²) in [6, 6.07) is 17.1. The van der Waals surface area contributed by atoms with Crippen LogP contribution in [0.25, 0.3) is 5.69 Å².